The number of hydrogen-bond donors (Lipinski definition) is 2. The van der Waals surface area contributed by atoms with Crippen molar-refractivity contribution < 1.29 is 4.79 Å². The summed E-state index contributed by atoms with van der Waals surface area (Å²) < 4.78 is 1.78. The van der Waals surface area contributed by atoms with Gasteiger partial charge in [-0.15, -0.1) is 0 Å². The van der Waals surface area contributed by atoms with E-state index in [1.165, 1.54) is 11.8 Å². The van der Waals surface area contributed by atoms with Gasteiger partial charge in [0.15, 0.2) is 0 Å². The van der Waals surface area contributed by atoms with Crippen molar-refractivity contribution in [2.24, 2.45) is 7.05 Å². The smallest absolute Gasteiger partial charge is 0.234 e. The number of anilines is 2. The monoisotopic (exact) mass is 290 g/mol. The third kappa shape index (κ3) is 3.54. The van der Waals surface area contributed by atoms with E-state index in [9.17, 15) is 4.79 Å². The van der Waals surface area contributed by atoms with Gasteiger partial charge in [0.1, 0.15) is 0 Å². The van der Waals surface area contributed by atoms with E-state index in [2.05, 4.69) is 10.4 Å². The number of hydrogen-bond acceptors (Lipinski definition) is 4. The van der Waals surface area contributed by atoms with E-state index in [0.29, 0.717) is 11.4 Å². The zero-order chi connectivity index (χ0) is 14.7. The summed E-state index contributed by atoms with van der Waals surface area (Å²) in [4.78, 5) is 11.9. The molecule has 1 aromatic carbocycles. The number of rotatable bonds is 4. The predicted molar refractivity (Wildman–Crippen MR) is 82.9 cm³/mol. The lowest BCUT2D eigenvalue weighted by atomic mass is 10.2. The summed E-state index contributed by atoms with van der Waals surface area (Å²) >= 11 is 1.47. The first kappa shape index (κ1) is 14.5. The van der Waals surface area contributed by atoms with Crippen LogP contribution >= 0.6 is 11.8 Å². The van der Waals surface area contributed by atoms with Gasteiger partial charge in [0.05, 0.1) is 16.5 Å². The van der Waals surface area contributed by atoms with E-state index in [1.54, 1.807) is 10.7 Å². The van der Waals surface area contributed by atoms with Crippen molar-refractivity contribution in [3.8, 4) is 0 Å². The number of thioether (sulfide) groups is 1. The number of carbonyl (C=O) groups is 1. The summed E-state index contributed by atoms with van der Waals surface area (Å²) in [6, 6.07) is 7.40. The second-order valence-electron chi connectivity index (χ2n) is 4.66. The van der Waals surface area contributed by atoms with Gasteiger partial charge in [0.25, 0.3) is 0 Å². The number of nitrogens with one attached hydrogen (secondary N) is 1. The molecule has 0 unspecified atom stereocenters. The third-order valence-corrected chi connectivity index (χ3v) is 3.92. The first-order valence-electron chi connectivity index (χ1n) is 6.25. The Morgan fingerprint density at radius 1 is 1.40 bits per heavy atom. The van der Waals surface area contributed by atoms with Crippen LogP contribution in [0.15, 0.2) is 29.3 Å². The second kappa shape index (κ2) is 6.00. The highest BCUT2D eigenvalue weighted by Gasteiger charge is 2.08. The van der Waals surface area contributed by atoms with Gasteiger partial charge in [0, 0.05) is 18.4 Å². The average molecular weight is 290 g/mol. The van der Waals surface area contributed by atoms with Crippen LogP contribution in [-0.2, 0) is 11.8 Å². The quantitative estimate of drug-likeness (QED) is 0.669. The van der Waals surface area contributed by atoms with Crippen LogP contribution in [0.3, 0.4) is 0 Å². The van der Waals surface area contributed by atoms with E-state index in [1.807, 2.05) is 39.1 Å². The Hall–Kier alpha value is -1.95. The maximum Gasteiger partial charge on any atom is 0.234 e. The maximum absolute atomic E-state index is 11.9. The van der Waals surface area contributed by atoms with Gasteiger partial charge in [0.2, 0.25) is 5.91 Å². The summed E-state index contributed by atoms with van der Waals surface area (Å²) in [7, 11) is 1.87. The molecular formula is C14H18N4OS. The van der Waals surface area contributed by atoms with E-state index >= 15 is 0 Å². The van der Waals surface area contributed by atoms with Crippen LogP contribution in [0.4, 0.5) is 11.4 Å². The summed E-state index contributed by atoms with van der Waals surface area (Å²) in [5, 5.41) is 8.11. The molecule has 20 heavy (non-hydrogen) atoms. The number of nitrogens with zero attached hydrogens (tertiary/aromatic N) is 2. The summed E-state index contributed by atoms with van der Waals surface area (Å²) in [5.41, 5.74) is 9.08. The number of nitrogens with two attached hydrogens (primary N) is 1. The molecule has 0 aliphatic carbocycles. The minimum Gasteiger partial charge on any atom is -0.399 e. The third-order valence-electron chi connectivity index (χ3n) is 2.83. The van der Waals surface area contributed by atoms with Gasteiger partial charge >= 0.3 is 0 Å². The molecule has 2 aromatic rings. The van der Waals surface area contributed by atoms with E-state index in [4.69, 9.17) is 5.73 Å². The molecule has 1 heterocycles. The fourth-order valence-corrected chi connectivity index (χ4v) is 2.71. The number of amides is 1. The normalized spacial score (nSPS) is 10.6. The molecule has 0 radical (unpaired) electrons. The van der Waals surface area contributed by atoms with E-state index in [-0.39, 0.29) is 5.91 Å². The van der Waals surface area contributed by atoms with Gasteiger partial charge in [-0.1, -0.05) is 11.8 Å². The van der Waals surface area contributed by atoms with Crippen LogP contribution in [0.2, 0.25) is 0 Å². The van der Waals surface area contributed by atoms with Crippen molar-refractivity contribution in [2.75, 3.05) is 16.8 Å². The van der Waals surface area contributed by atoms with Crippen molar-refractivity contribution in [1.29, 1.82) is 0 Å². The van der Waals surface area contributed by atoms with Crippen LogP contribution in [0.5, 0.6) is 0 Å². The fourth-order valence-electron chi connectivity index (χ4n) is 1.87. The van der Waals surface area contributed by atoms with Crippen LogP contribution in [0.1, 0.15) is 11.3 Å². The second-order valence-corrected chi connectivity index (χ2v) is 5.65. The first-order chi connectivity index (χ1) is 9.45. The lowest BCUT2D eigenvalue weighted by Crippen LogP contribution is -2.15. The molecule has 6 heteroatoms. The van der Waals surface area contributed by atoms with Crippen LogP contribution in [0.25, 0.3) is 0 Å². The van der Waals surface area contributed by atoms with Crippen LogP contribution < -0.4 is 11.1 Å². The van der Waals surface area contributed by atoms with Crippen molar-refractivity contribution in [3.63, 3.8) is 0 Å². The van der Waals surface area contributed by atoms with Gasteiger partial charge in [-0.25, -0.2) is 0 Å². The highest BCUT2D eigenvalue weighted by atomic mass is 32.2. The Bertz CT molecular complexity index is 636. The van der Waals surface area contributed by atoms with Crippen molar-refractivity contribution in [1.82, 2.24) is 9.78 Å². The molecule has 5 nitrogen and oxygen atoms in total. The minimum absolute atomic E-state index is 0.0401. The van der Waals surface area contributed by atoms with Crippen molar-refractivity contribution in [2.45, 2.75) is 18.9 Å². The SMILES string of the molecule is Cc1cc(SCC(=O)Nc2ccc(N)cc2C)n(C)n1. The summed E-state index contributed by atoms with van der Waals surface area (Å²) in [6.07, 6.45) is 0. The molecule has 106 valence electrons. The molecule has 0 bridgehead atoms. The Morgan fingerprint density at radius 2 is 2.15 bits per heavy atom. The average Bonchev–Trinajstić information content (AvgIpc) is 2.69. The number of benzene rings is 1. The van der Waals surface area contributed by atoms with Gasteiger partial charge in [-0.05, 0) is 43.7 Å². The maximum atomic E-state index is 11.9. The molecule has 1 amide bonds. The Morgan fingerprint density at radius 3 is 2.75 bits per heavy atom. The molecule has 0 spiro atoms. The van der Waals surface area contributed by atoms with Crippen LogP contribution in [-0.4, -0.2) is 21.4 Å². The van der Waals surface area contributed by atoms with E-state index in [0.717, 1.165) is 22.0 Å². The van der Waals surface area contributed by atoms with Gasteiger partial charge < -0.3 is 11.1 Å². The number of aromatic nitrogens is 2. The summed E-state index contributed by atoms with van der Waals surface area (Å²) in [6.45, 7) is 3.85. The molecule has 2 rings (SSSR count). The lowest BCUT2D eigenvalue weighted by Gasteiger charge is -2.08. The molecule has 0 atom stereocenters. The zero-order valence-electron chi connectivity index (χ0n) is 11.8. The Kier molecular flexibility index (Phi) is 4.34. The molecule has 0 saturated carbocycles. The molecule has 0 fully saturated rings. The number of aryl methyl sites for hydroxylation is 3. The van der Waals surface area contributed by atoms with Gasteiger partial charge in [-0.3, -0.25) is 9.48 Å². The van der Waals surface area contributed by atoms with Crippen molar-refractivity contribution in [3.05, 3.63) is 35.5 Å². The standard InChI is InChI=1S/C14H18N4OS/c1-9-6-11(15)4-5-12(9)16-13(19)8-20-14-7-10(2)17-18(14)3/h4-7H,8,15H2,1-3H3,(H,16,19). The molecule has 1 aromatic heterocycles. The van der Waals surface area contributed by atoms with E-state index < -0.39 is 0 Å². The Balaban J connectivity index is 1.94. The Labute approximate surface area is 122 Å². The lowest BCUT2D eigenvalue weighted by molar-refractivity contribution is -0.113. The first-order valence-corrected chi connectivity index (χ1v) is 7.23. The zero-order valence-corrected chi connectivity index (χ0v) is 12.6. The number of nitrogen functional groups attached to an aromatic ring is 1. The molecule has 0 aliphatic heterocycles. The van der Waals surface area contributed by atoms with Crippen LogP contribution in [0, 0.1) is 13.8 Å². The molecular weight excluding hydrogens is 272 g/mol. The highest BCUT2D eigenvalue weighted by molar-refractivity contribution is 7.99. The molecule has 0 saturated heterocycles. The predicted octanol–water partition coefficient (Wildman–Crippen LogP) is 2.35. The molecule has 0 aliphatic rings. The minimum atomic E-state index is -0.0401. The fraction of sp³-hybridized carbons (Fsp3) is 0.286. The highest BCUT2D eigenvalue weighted by Crippen LogP contribution is 2.20. The molecule has 3 N–H and O–H groups in total. The topological polar surface area (TPSA) is 72.9 Å². The van der Waals surface area contributed by atoms with Crippen molar-refractivity contribution >= 4 is 29.0 Å². The summed E-state index contributed by atoms with van der Waals surface area (Å²) in [5.74, 6) is 0.310. The number of carbonyl (C=O) groups excluding carboxylic acids is 1. The largest absolute Gasteiger partial charge is 0.399 e. The van der Waals surface area contributed by atoms with Gasteiger partial charge in [-0.2, -0.15) is 5.10 Å².